The van der Waals surface area contributed by atoms with E-state index in [1.807, 2.05) is 42.5 Å². The lowest BCUT2D eigenvalue weighted by molar-refractivity contribution is -0.136. The Hall–Kier alpha value is -3.32. The summed E-state index contributed by atoms with van der Waals surface area (Å²) in [7, 11) is 1.33. The third kappa shape index (κ3) is 3.10. The average Bonchev–Trinajstić information content (AvgIpc) is 3.02. The van der Waals surface area contributed by atoms with Gasteiger partial charge in [0.05, 0.1) is 29.0 Å². The molecular formula is C21H17N3O3S. The number of hydrogen-bond acceptors (Lipinski definition) is 6. The van der Waals surface area contributed by atoms with Crippen molar-refractivity contribution in [2.45, 2.75) is 13.0 Å². The van der Waals surface area contributed by atoms with Gasteiger partial charge in [0.15, 0.2) is 4.80 Å². The van der Waals surface area contributed by atoms with Gasteiger partial charge in [0.25, 0.3) is 5.56 Å². The third-order valence-corrected chi connectivity index (χ3v) is 5.51. The van der Waals surface area contributed by atoms with E-state index in [-0.39, 0.29) is 5.56 Å². The van der Waals surface area contributed by atoms with Crippen LogP contribution in [-0.4, -0.2) is 22.6 Å². The van der Waals surface area contributed by atoms with Crippen LogP contribution in [0.3, 0.4) is 0 Å². The van der Waals surface area contributed by atoms with E-state index < -0.39 is 12.0 Å². The summed E-state index contributed by atoms with van der Waals surface area (Å²) in [6.45, 7) is 1.76. The molecule has 0 aliphatic carbocycles. The number of carbonyl (C=O) groups excluding carboxylic acids is 1. The van der Waals surface area contributed by atoms with Crippen molar-refractivity contribution in [3.63, 3.8) is 0 Å². The van der Waals surface area contributed by atoms with Crippen LogP contribution in [0.1, 0.15) is 24.1 Å². The third-order valence-electron chi connectivity index (χ3n) is 4.52. The number of allylic oxidation sites excluding steroid dienone is 1. The molecule has 0 radical (unpaired) electrons. The van der Waals surface area contributed by atoms with Crippen LogP contribution >= 0.6 is 11.3 Å². The van der Waals surface area contributed by atoms with Crippen LogP contribution in [0.25, 0.3) is 6.08 Å². The first-order valence-corrected chi connectivity index (χ1v) is 9.47. The Morgan fingerprint density at radius 1 is 1.21 bits per heavy atom. The van der Waals surface area contributed by atoms with Crippen molar-refractivity contribution in [2.75, 3.05) is 7.11 Å². The number of nitrogens with zero attached hydrogens (tertiary/aromatic N) is 3. The second-order valence-electron chi connectivity index (χ2n) is 6.27. The molecule has 6 nitrogen and oxygen atoms in total. The zero-order chi connectivity index (χ0) is 19.7. The smallest absolute Gasteiger partial charge is 0.338 e. The summed E-state index contributed by atoms with van der Waals surface area (Å²) >= 11 is 1.29. The number of hydrogen-bond donors (Lipinski definition) is 0. The number of fused-ring (bicyclic) bond motifs is 1. The largest absolute Gasteiger partial charge is 0.466 e. The van der Waals surface area contributed by atoms with Gasteiger partial charge in [0.2, 0.25) is 0 Å². The topological polar surface area (TPSA) is 73.6 Å². The molecule has 3 heterocycles. The normalized spacial score (nSPS) is 16.5. The Balaban J connectivity index is 1.99. The van der Waals surface area contributed by atoms with Crippen LogP contribution in [-0.2, 0) is 9.53 Å². The van der Waals surface area contributed by atoms with E-state index in [0.29, 0.717) is 20.6 Å². The fourth-order valence-electron chi connectivity index (χ4n) is 3.26. The molecule has 1 aromatic carbocycles. The van der Waals surface area contributed by atoms with Gasteiger partial charge in [0, 0.05) is 12.4 Å². The van der Waals surface area contributed by atoms with Crippen molar-refractivity contribution in [3.05, 3.63) is 96.9 Å². The first kappa shape index (κ1) is 18.1. The quantitative estimate of drug-likeness (QED) is 0.638. The Kier molecular flexibility index (Phi) is 4.75. The molecule has 3 aromatic rings. The molecule has 0 N–H and O–H groups in total. The summed E-state index contributed by atoms with van der Waals surface area (Å²) in [5.74, 6) is -0.489. The van der Waals surface area contributed by atoms with E-state index in [1.54, 1.807) is 30.0 Å². The highest BCUT2D eigenvalue weighted by Gasteiger charge is 2.32. The molecule has 28 heavy (non-hydrogen) atoms. The molecule has 0 amide bonds. The molecule has 2 aromatic heterocycles. The molecule has 0 unspecified atom stereocenters. The number of benzene rings is 1. The highest BCUT2D eigenvalue weighted by molar-refractivity contribution is 7.07. The number of methoxy groups -OCH3 is 1. The summed E-state index contributed by atoms with van der Waals surface area (Å²) in [4.78, 5) is 34.9. The van der Waals surface area contributed by atoms with Gasteiger partial charge >= 0.3 is 5.97 Å². The van der Waals surface area contributed by atoms with Crippen molar-refractivity contribution in [2.24, 2.45) is 4.99 Å². The van der Waals surface area contributed by atoms with Crippen LogP contribution in [0.5, 0.6) is 0 Å². The molecule has 0 saturated heterocycles. The number of ether oxygens (including phenoxy) is 1. The van der Waals surface area contributed by atoms with Gasteiger partial charge in [-0.1, -0.05) is 47.7 Å². The van der Waals surface area contributed by atoms with E-state index in [0.717, 1.165) is 11.1 Å². The summed E-state index contributed by atoms with van der Waals surface area (Å²) in [5.41, 5.74) is 2.37. The van der Waals surface area contributed by atoms with Crippen LogP contribution in [0.4, 0.5) is 0 Å². The van der Waals surface area contributed by atoms with Gasteiger partial charge in [-0.2, -0.15) is 0 Å². The van der Waals surface area contributed by atoms with Crippen molar-refractivity contribution < 1.29 is 9.53 Å². The van der Waals surface area contributed by atoms with Crippen molar-refractivity contribution in [3.8, 4) is 0 Å². The number of pyridine rings is 1. The van der Waals surface area contributed by atoms with Crippen molar-refractivity contribution >= 4 is 23.4 Å². The molecule has 0 fully saturated rings. The Morgan fingerprint density at radius 2 is 2.00 bits per heavy atom. The maximum atomic E-state index is 13.3. The van der Waals surface area contributed by atoms with Crippen LogP contribution in [0.2, 0.25) is 0 Å². The zero-order valence-electron chi connectivity index (χ0n) is 15.3. The molecule has 4 rings (SSSR count). The maximum Gasteiger partial charge on any atom is 0.338 e. The standard InChI is InChI=1S/C21H17N3O3S/c1-13-17(20(26)27-2)18(15-8-4-3-5-9-15)24-19(25)16(28-21(24)23-13)11-14-7-6-10-22-12-14/h3-12,18H,1-2H3/t18-/m0/s1. The minimum absolute atomic E-state index is 0.199. The van der Waals surface area contributed by atoms with E-state index in [2.05, 4.69) is 9.98 Å². The molecule has 140 valence electrons. The van der Waals surface area contributed by atoms with Crippen LogP contribution < -0.4 is 14.9 Å². The molecular weight excluding hydrogens is 374 g/mol. The minimum atomic E-state index is -0.582. The SMILES string of the molecule is COC(=O)C1=C(C)N=c2sc(=Cc3cccnc3)c(=O)n2[C@H]1c1ccccc1. The molecule has 0 spiro atoms. The van der Waals surface area contributed by atoms with Gasteiger partial charge < -0.3 is 4.74 Å². The van der Waals surface area contributed by atoms with Gasteiger partial charge in [-0.3, -0.25) is 14.3 Å². The maximum absolute atomic E-state index is 13.3. The molecule has 1 aliphatic heterocycles. The summed E-state index contributed by atoms with van der Waals surface area (Å²) in [5, 5.41) is 0. The van der Waals surface area contributed by atoms with E-state index >= 15 is 0 Å². The minimum Gasteiger partial charge on any atom is -0.466 e. The van der Waals surface area contributed by atoms with Crippen molar-refractivity contribution in [1.29, 1.82) is 0 Å². The highest BCUT2D eigenvalue weighted by atomic mass is 32.1. The van der Waals surface area contributed by atoms with Gasteiger partial charge in [0.1, 0.15) is 0 Å². The number of aromatic nitrogens is 2. The van der Waals surface area contributed by atoms with E-state index in [4.69, 9.17) is 4.74 Å². The number of rotatable bonds is 3. The molecule has 1 atom stereocenters. The van der Waals surface area contributed by atoms with E-state index in [9.17, 15) is 9.59 Å². The molecule has 7 heteroatoms. The monoisotopic (exact) mass is 391 g/mol. The predicted molar refractivity (Wildman–Crippen MR) is 106 cm³/mol. The summed E-state index contributed by atoms with van der Waals surface area (Å²) < 4.78 is 7.09. The fourth-order valence-corrected chi connectivity index (χ4v) is 4.30. The number of carbonyl (C=O) groups is 1. The lowest BCUT2D eigenvalue weighted by Gasteiger charge is -2.24. The average molecular weight is 391 g/mol. The fraction of sp³-hybridized carbons (Fsp3) is 0.143. The van der Waals surface area contributed by atoms with E-state index in [1.165, 1.54) is 18.4 Å². The van der Waals surface area contributed by atoms with Crippen LogP contribution in [0, 0.1) is 0 Å². The Morgan fingerprint density at radius 3 is 2.68 bits per heavy atom. The Bertz CT molecular complexity index is 1240. The zero-order valence-corrected chi connectivity index (χ0v) is 16.1. The predicted octanol–water partition coefficient (Wildman–Crippen LogP) is 1.80. The summed E-state index contributed by atoms with van der Waals surface area (Å²) in [6, 6.07) is 12.6. The molecule has 0 bridgehead atoms. The lowest BCUT2D eigenvalue weighted by atomic mass is 9.96. The Labute approximate surface area is 164 Å². The highest BCUT2D eigenvalue weighted by Crippen LogP contribution is 2.30. The second-order valence-corrected chi connectivity index (χ2v) is 7.28. The molecule has 0 saturated carbocycles. The lowest BCUT2D eigenvalue weighted by Crippen LogP contribution is -2.39. The van der Waals surface area contributed by atoms with Gasteiger partial charge in [-0.15, -0.1) is 0 Å². The number of esters is 1. The van der Waals surface area contributed by atoms with Gasteiger partial charge in [-0.05, 0) is 30.2 Å². The summed E-state index contributed by atoms with van der Waals surface area (Å²) in [6.07, 6.45) is 5.16. The number of thiazole rings is 1. The first-order valence-electron chi connectivity index (χ1n) is 8.66. The van der Waals surface area contributed by atoms with Crippen molar-refractivity contribution in [1.82, 2.24) is 9.55 Å². The first-order chi connectivity index (χ1) is 13.6. The van der Waals surface area contributed by atoms with Gasteiger partial charge in [-0.25, -0.2) is 9.79 Å². The second kappa shape index (κ2) is 7.36. The molecule has 1 aliphatic rings. The van der Waals surface area contributed by atoms with Crippen LogP contribution in [0.15, 0.2) is 75.9 Å².